The molecule has 1 unspecified atom stereocenters. The average molecular weight is 282 g/mol. The van der Waals surface area contributed by atoms with Crippen LogP contribution in [0, 0.1) is 16.0 Å². The summed E-state index contributed by atoms with van der Waals surface area (Å²) in [5, 5.41) is 13.5. The summed E-state index contributed by atoms with van der Waals surface area (Å²) in [7, 11) is 0. The lowest BCUT2D eigenvalue weighted by molar-refractivity contribution is -0.384. The molecular formula is C13H22N4O3. The second kappa shape index (κ2) is 6.51. The van der Waals surface area contributed by atoms with Gasteiger partial charge in [0.1, 0.15) is 5.69 Å². The Morgan fingerprint density at radius 3 is 2.50 bits per heavy atom. The number of nitrogens with zero attached hydrogens (tertiary/aromatic N) is 2. The van der Waals surface area contributed by atoms with Gasteiger partial charge in [-0.25, -0.2) is 0 Å². The molecule has 1 atom stereocenters. The summed E-state index contributed by atoms with van der Waals surface area (Å²) >= 11 is 0. The lowest BCUT2D eigenvalue weighted by Crippen LogP contribution is -2.40. The first kappa shape index (κ1) is 16.2. The average Bonchev–Trinajstić information content (AvgIpc) is 2.80. The molecule has 0 saturated heterocycles. The molecule has 3 N–H and O–H groups in total. The number of carbonyl (C=O) groups excluding carboxylic acids is 1. The van der Waals surface area contributed by atoms with Crippen molar-refractivity contribution in [3.63, 3.8) is 0 Å². The molecule has 0 fully saturated rings. The molecule has 0 aliphatic heterocycles. The molecule has 1 heterocycles. The van der Waals surface area contributed by atoms with Crippen molar-refractivity contribution in [2.45, 2.75) is 39.8 Å². The highest BCUT2D eigenvalue weighted by atomic mass is 16.6. The van der Waals surface area contributed by atoms with Gasteiger partial charge < -0.3 is 15.6 Å². The van der Waals surface area contributed by atoms with Gasteiger partial charge in [0.05, 0.1) is 11.1 Å². The van der Waals surface area contributed by atoms with Crippen molar-refractivity contribution >= 4 is 11.6 Å². The van der Waals surface area contributed by atoms with Crippen LogP contribution in [0.2, 0.25) is 0 Å². The van der Waals surface area contributed by atoms with Crippen LogP contribution >= 0.6 is 0 Å². The summed E-state index contributed by atoms with van der Waals surface area (Å²) in [5.74, 6) is -0.0931. The molecule has 0 radical (unpaired) electrons. The molecule has 7 nitrogen and oxygen atoms in total. The van der Waals surface area contributed by atoms with Crippen LogP contribution in [0.3, 0.4) is 0 Å². The van der Waals surface area contributed by atoms with Gasteiger partial charge in [-0.05, 0) is 19.8 Å². The van der Waals surface area contributed by atoms with Gasteiger partial charge in [-0.15, -0.1) is 0 Å². The zero-order chi connectivity index (χ0) is 15.4. The van der Waals surface area contributed by atoms with Crippen molar-refractivity contribution in [2.75, 3.05) is 6.54 Å². The molecule has 0 spiro atoms. The van der Waals surface area contributed by atoms with Gasteiger partial charge in [-0.3, -0.25) is 14.9 Å². The molecule has 112 valence electrons. The Labute approximate surface area is 118 Å². The van der Waals surface area contributed by atoms with E-state index in [1.807, 2.05) is 27.7 Å². The van der Waals surface area contributed by atoms with Crippen LogP contribution in [0.25, 0.3) is 0 Å². The van der Waals surface area contributed by atoms with Gasteiger partial charge in [-0.1, -0.05) is 13.8 Å². The molecule has 7 heteroatoms. The normalized spacial score (nSPS) is 12.8. The summed E-state index contributed by atoms with van der Waals surface area (Å²) in [6.45, 7) is 8.01. The minimum atomic E-state index is -0.504. The Morgan fingerprint density at radius 2 is 2.05 bits per heavy atom. The van der Waals surface area contributed by atoms with E-state index in [-0.39, 0.29) is 35.3 Å². The van der Waals surface area contributed by atoms with Gasteiger partial charge >= 0.3 is 0 Å². The first-order valence-electron chi connectivity index (χ1n) is 6.64. The van der Waals surface area contributed by atoms with E-state index in [0.717, 1.165) is 0 Å². The van der Waals surface area contributed by atoms with Crippen LogP contribution in [0.5, 0.6) is 0 Å². The van der Waals surface area contributed by atoms with E-state index in [2.05, 4.69) is 5.32 Å². The number of hydrogen-bond donors (Lipinski definition) is 2. The Morgan fingerprint density at radius 1 is 1.45 bits per heavy atom. The number of aromatic nitrogens is 1. The van der Waals surface area contributed by atoms with Gasteiger partial charge in [0.25, 0.3) is 11.6 Å². The molecule has 0 aliphatic carbocycles. The summed E-state index contributed by atoms with van der Waals surface area (Å²) in [6.07, 6.45) is 1.38. The molecular weight excluding hydrogens is 260 g/mol. The number of amides is 1. The highest BCUT2D eigenvalue weighted by Gasteiger charge is 2.21. The van der Waals surface area contributed by atoms with Crippen molar-refractivity contribution in [1.29, 1.82) is 0 Å². The van der Waals surface area contributed by atoms with Crippen LogP contribution in [0.15, 0.2) is 12.3 Å². The molecule has 0 bridgehead atoms. The highest BCUT2D eigenvalue weighted by Crippen LogP contribution is 2.20. The Hall–Kier alpha value is -1.89. The topological polar surface area (TPSA) is 103 Å². The van der Waals surface area contributed by atoms with E-state index in [4.69, 9.17) is 5.73 Å². The molecule has 1 aromatic heterocycles. The van der Waals surface area contributed by atoms with E-state index in [1.165, 1.54) is 12.3 Å². The van der Waals surface area contributed by atoms with Crippen molar-refractivity contribution in [3.05, 3.63) is 28.1 Å². The van der Waals surface area contributed by atoms with Crippen molar-refractivity contribution < 1.29 is 9.72 Å². The number of rotatable bonds is 6. The van der Waals surface area contributed by atoms with Crippen molar-refractivity contribution in [2.24, 2.45) is 11.7 Å². The third kappa shape index (κ3) is 3.80. The smallest absolute Gasteiger partial charge is 0.287 e. The first-order valence-corrected chi connectivity index (χ1v) is 6.64. The second-order valence-corrected chi connectivity index (χ2v) is 5.46. The lowest BCUT2D eigenvalue weighted by atomic mass is 10.1. The van der Waals surface area contributed by atoms with E-state index in [1.54, 1.807) is 4.57 Å². The predicted octanol–water partition coefficient (Wildman–Crippen LogP) is 1.69. The maximum absolute atomic E-state index is 12.1. The lowest BCUT2D eigenvalue weighted by Gasteiger charge is -2.17. The maximum atomic E-state index is 12.1. The van der Waals surface area contributed by atoms with Crippen LogP contribution in [0.4, 0.5) is 5.69 Å². The fourth-order valence-corrected chi connectivity index (χ4v) is 1.71. The summed E-state index contributed by atoms with van der Waals surface area (Å²) in [5.41, 5.74) is 6.06. The molecule has 0 aromatic carbocycles. The minimum Gasteiger partial charge on any atom is -0.349 e. The van der Waals surface area contributed by atoms with Gasteiger partial charge in [0.15, 0.2) is 0 Å². The number of nitro groups is 1. The number of nitrogens with two attached hydrogens (primary N) is 1. The molecule has 20 heavy (non-hydrogen) atoms. The van der Waals surface area contributed by atoms with E-state index < -0.39 is 4.92 Å². The minimum absolute atomic E-state index is 0.0387. The largest absolute Gasteiger partial charge is 0.349 e. The standard InChI is InChI=1S/C13H22N4O3/c1-8(2)11(14)6-15-13(18)12-5-10(17(19)20)7-16(12)9(3)4/h5,7-9,11H,6,14H2,1-4H3,(H,15,18). The Kier molecular flexibility index (Phi) is 5.26. The molecule has 1 rings (SSSR count). The van der Waals surface area contributed by atoms with Crippen LogP contribution in [-0.2, 0) is 0 Å². The number of hydrogen-bond acceptors (Lipinski definition) is 4. The zero-order valence-corrected chi connectivity index (χ0v) is 12.3. The van der Waals surface area contributed by atoms with Gasteiger partial charge in [0, 0.05) is 24.7 Å². The van der Waals surface area contributed by atoms with Gasteiger partial charge in [0.2, 0.25) is 0 Å². The third-order valence-corrected chi connectivity index (χ3v) is 3.19. The fraction of sp³-hybridized carbons (Fsp3) is 0.615. The quantitative estimate of drug-likeness (QED) is 0.612. The summed E-state index contributed by atoms with van der Waals surface area (Å²) < 4.78 is 1.59. The molecule has 0 saturated carbocycles. The van der Waals surface area contributed by atoms with E-state index in [0.29, 0.717) is 6.54 Å². The Balaban J connectivity index is 2.89. The maximum Gasteiger partial charge on any atom is 0.287 e. The van der Waals surface area contributed by atoms with Crippen LogP contribution in [0.1, 0.15) is 44.2 Å². The van der Waals surface area contributed by atoms with E-state index in [9.17, 15) is 14.9 Å². The third-order valence-electron chi connectivity index (χ3n) is 3.19. The Bertz CT molecular complexity index is 494. The van der Waals surface area contributed by atoms with Crippen LogP contribution in [-0.4, -0.2) is 28.0 Å². The first-order chi connectivity index (χ1) is 9.23. The van der Waals surface area contributed by atoms with Crippen molar-refractivity contribution in [3.8, 4) is 0 Å². The summed E-state index contributed by atoms with van der Waals surface area (Å²) in [6, 6.07) is 1.11. The predicted molar refractivity (Wildman–Crippen MR) is 76.6 cm³/mol. The van der Waals surface area contributed by atoms with E-state index >= 15 is 0 Å². The van der Waals surface area contributed by atoms with Gasteiger partial charge in [-0.2, -0.15) is 0 Å². The second-order valence-electron chi connectivity index (χ2n) is 5.46. The highest BCUT2D eigenvalue weighted by molar-refractivity contribution is 5.93. The number of nitrogens with one attached hydrogen (secondary N) is 1. The number of carbonyl (C=O) groups is 1. The molecule has 0 aliphatic rings. The zero-order valence-electron chi connectivity index (χ0n) is 12.3. The van der Waals surface area contributed by atoms with Crippen LogP contribution < -0.4 is 11.1 Å². The summed E-state index contributed by atoms with van der Waals surface area (Å²) in [4.78, 5) is 22.4. The monoisotopic (exact) mass is 282 g/mol. The molecule has 1 aromatic rings. The SMILES string of the molecule is CC(C)C(N)CNC(=O)c1cc([N+](=O)[O-])cn1C(C)C. The fourth-order valence-electron chi connectivity index (χ4n) is 1.71. The van der Waals surface area contributed by atoms with Crippen molar-refractivity contribution in [1.82, 2.24) is 9.88 Å². The molecule has 1 amide bonds.